The fourth-order valence-electron chi connectivity index (χ4n) is 3.94. The average molecular weight is 387 g/mol. The molecule has 3 rings (SSSR count). The Morgan fingerprint density at radius 2 is 1.79 bits per heavy atom. The van der Waals surface area contributed by atoms with Crippen molar-refractivity contribution in [3.05, 3.63) is 82.8 Å². The molecule has 1 aliphatic heterocycles. The van der Waals surface area contributed by atoms with E-state index in [2.05, 4.69) is 6.58 Å². The number of nitrogens with zero attached hydrogens (tertiary/aromatic N) is 2. The van der Waals surface area contributed by atoms with Gasteiger partial charge in [-0.15, -0.1) is 0 Å². The number of aliphatic imine (C=N–C) groups is 1. The van der Waals surface area contributed by atoms with Gasteiger partial charge in [0.05, 0.1) is 11.5 Å². The first-order valence-corrected chi connectivity index (χ1v) is 8.98. The lowest BCUT2D eigenvalue weighted by Gasteiger charge is -2.44. The Hall–Kier alpha value is -2.76. The van der Waals surface area contributed by atoms with Crippen molar-refractivity contribution in [2.75, 3.05) is 7.05 Å². The Balaban J connectivity index is 2.19. The lowest BCUT2D eigenvalue weighted by atomic mass is 9.72. The summed E-state index contributed by atoms with van der Waals surface area (Å²) in [5, 5.41) is 0. The van der Waals surface area contributed by atoms with Gasteiger partial charge in [0.15, 0.2) is 5.96 Å². The van der Waals surface area contributed by atoms with Gasteiger partial charge in [-0.3, -0.25) is 0 Å². The topological polar surface area (TPSA) is 41.6 Å². The Kier molecular flexibility index (Phi) is 4.77. The summed E-state index contributed by atoms with van der Waals surface area (Å²) < 4.78 is 40.9. The second kappa shape index (κ2) is 6.69. The van der Waals surface area contributed by atoms with Crippen LogP contribution < -0.4 is 5.73 Å². The molecule has 0 saturated carbocycles. The number of likely N-dealkylation sites (N-methyl/N-ethyl adjacent to an activating group) is 1. The summed E-state index contributed by atoms with van der Waals surface area (Å²) in [6, 6.07) is 10.7. The van der Waals surface area contributed by atoms with Gasteiger partial charge in [0, 0.05) is 25.2 Å². The minimum absolute atomic E-state index is 0.0614. The second-order valence-electron chi connectivity index (χ2n) is 7.57. The first kappa shape index (κ1) is 20.0. The van der Waals surface area contributed by atoms with E-state index in [-0.39, 0.29) is 17.3 Å². The number of nitrogens with two attached hydrogens (primary N) is 1. The van der Waals surface area contributed by atoms with Gasteiger partial charge in [0.2, 0.25) is 0 Å². The first-order chi connectivity index (χ1) is 12.9. The van der Waals surface area contributed by atoms with Crippen LogP contribution in [-0.4, -0.2) is 17.9 Å². The molecule has 2 atom stereocenters. The Bertz CT molecular complexity index is 944. The molecule has 2 N–H and O–H groups in total. The molecular weight excluding hydrogens is 363 g/mol. The fraction of sp³-hybridized carbons (Fsp3) is 0.318. The smallest absolute Gasteiger partial charge is 0.270 e. The Morgan fingerprint density at radius 3 is 2.32 bits per heavy atom. The highest BCUT2D eigenvalue weighted by atomic mass is 19.3. The maximum absolute atomic E-state index is 13.7. The van der Waals surface area contributed by atoms with E-state index < -0.39 is 11.5 Å². The summed E-state index contributed by atoms with van der Waals surface area (Å²) in [4.78, 5) is 6.41. The minimum Gasteiger partial charge on any atom is -0.370 e. The van der Waals surface area contributed by atoms with Gasteiger partial charge < -0.3 is 10.6 Å². The summed E-state index contributed by atoms with van der Waals surface area (Å²) >= 11 is 0. The van der Waals surface area contributed by atoms with Crippen molar-refractivity contribution >= 4 is 5.96 Å². The number of aryl methyl sites for hydroxylation is 1. The molecule has 0 amide bonds. The molecule has 2 aromatic carbocycles. The van der Waals surface area contributed by atoms with E-state index in [0.717, 1.165) is 23.6 Å². The van der Waals surface area contributed by atoms with Crippen LogP contribution in [0.4, 0.5) is 13.2 Å². The van der Waals surface area contributed by atoms with Crippen molar-refractivity contribution in [1.29, 1.82) is 0 Å². The molecule has 0 aliphatic carbocycles. The van der Waals surface area contributed by atoms with Gasteiger partial charge in [0.25, 0.3) is 5.92 Å². The van der Waals surface area contributed by atoms with Crippen LogP contribution in [0.2, 0.25) is 0 Å². The fourth-order valence-corrected chi connectivity index (χ4v) is 3.94. The van der Waals surface area contributed by atoms with Crippen LogP contribution >= 0.6 is 0 Å². The maximum Gasteiger partial charge on any atom is 0.270 e. The van der Waals surface area contributed by atoms with Gasteiger partial charge in [-0.1, -0.05) is 36.9 Å². The monoisotopic (exact) mass is 387 g/mol. The quantitative estimate of drug-likeness (QED) is 0.804. The highest BCUT2D eigenvalue weighted by Crippen LogP contribution is 2.48. The highest BCUT2D eigenvalue weighted by molar-refractivity contribution is 5.82. The summed E-state index contributed by atoms with van der Waals surface area (Å²) in [6.45, 7) is 8.77. The number of hydrogen-bond acceptors (Lipinski definition) is 3. The zero-order valence-corrected chi connectivity index (χ0v) is 16.4. The van der Waals surface area contributed by atoms with Gasteiger partial charge in [-0.05, 0) is 42.7 Å². The predicted octanol–water partition coefficient (Wildman–Crippen LogP) is 5.02. The van der Waals surface area contributed by atoms with Crippen molar-refractivity contribution in [3.63, 3.8) is 0 Å². The minimum atomic E-state index is -2.92. The van der Waals surface area contributed by atoms with Crippen molar-refractivity contribution in [2.45, 2.75) is 38.2 Å². The molecule has 2 aromatic rings. The number of alkyl halides is 2. The van der Waals surface area contributed by atoms with E-state index in [1.165, 1.54) is 24.3 Å². The number of benzene rings is 2. The van der Waals surface area contributed by atoms with Crippen molar-refractivity contribution in [2.24, 2.45) is 10.7 Å². The van der Waals surface area contributed by atoms with E-state index in [1.54, 1.807) is 30.1 Å². The second-order valence-corrected chi connectivity index (χ2v) is 7.57. The molecule has 0 radical (unpaired) electrons. The molecule has 6 heteroatoms. The van der Waals surface area contributed by atoms with Crippen molar-refractivity contribution in [1.82, 2.24) is 4.90 Å². The summed E-state index contributed by atoms with van der Waals surface area (Å²) in [7, 11) is 1.76. The third-order valence-corrected chi connectivity index (χ3v) is 5.50. The van der Waals surface area contributed by atoms with E-state index in [4.69, 9.17) is 10.7 Å². The van der Waals surface area contributed by atoms with Crippen LogP contribution in [0.15, 0.2) is 59.7 Å². The van der Waals surface area contributed by atoms with E-state index in [9.17, 15) is 13.2 Å². The van der Waals surface area contributed by atoms with Crippen LogP contribution in [-0.2, 0) is 11.5 Å². The predicted molar refractivity (Wildman–Crippen MR) is 106 cm³/mol. The molecule has 28 heavy (non-hydrogen) atoms. The highest BCUT2D eigenvalue weighted by Gasteiger charge is 2.44. The van der Waals surface area contributed by atoms with Crippen LogP contribution in [0.3, 0.4) is 0 Å². The van der Waals surface area contributed by atoms with Gasteiger partial charge >= 0.3 is 0 Å². The molecule has 1 heterocycles. The molecule has 3 nitrogen and oxygen atoms in total. The largest absolute Gasteiger partial charge is 0.370 e. The third-order valence-electron chi connectivity index (χ3n) is 5.50. The summed E-state index contributed by atoms with van der Waals surface area (Å²) in [6.07, 6.45) is 0. The molecule has 1 aliphatic rings. The zero-order valence-electron chi connectivity index (χ0n) is 16.4. The standard InChI is InChI=1S/C22H24F3N3/c1-13-12-17(23)10-11-18(13)21(3)19(14(2)28(5)20(26)27-21)15-6-8-16(9-7-15)22(4,24)25/h6-12,19H,2H2,1,3-5H3,(H2,26,27)/t19-,21+/m0/s1. The summed E-state index contributed by atoms with van der Waals surface area (Å²) in [5.41, 5.74) is 8.22. The average Bonchev–Trinajstić information content (AvgIpc) is 2.59. The van der Waals surface area contributed by atoms with Gasteiger partial charge in [0.1, 0.15) is 5.82 Å². The third kappa shape index (κ3) is 3.28. The van der Waals surface area contributed by atoms with E-state index in [1.807, 2.05) is 13.8 Å². The molecule has 0 bridgehead atoms. The van der Waals surface area contributed by atoms with Crippen LogP contribution in [0, 0.1) is 12.7 Å². The Morgan fingerprint density at radius 1 is 1.18 bits per heavy atom. The number of hydrogen-bond donors (Lipinski definition) is 1. The first-order valence-electron chi connectivity index (χ1n) is 8.98. The van der Waals surface area contributed by atoms with Crippen LogP contribution in [0.5, 0.6) is 0 Å². The normalized spacial score (nSPS) is 23.0. The molecule has 0 aromatic heterocycles. The molecule has 0 unspecified atom stereocenters. The zero-order chi connectivity index (χ0) is 20.9. The van der Waals surface area contributed by atoms with Gasteiger partial charge in [-0.25, -0.2) is 18.2 Å². The molecule has 0 saturated heterocycles. The molecule has 0 fully saturated rings. The number of halogens is 3. The molecule has 0 spiro atoms. The maximum atomic E-state index is 13.7. The van der Waals surface area contributed by atoms with Crippen LogP contribution in [0.1, 0.15) is 42.0 Å². The van der Waals surface area contributed by atoms with E-state index in [0.29, 0.717) is 11.7 Å². The molecule has 148 valence electrons. The lowest BCUT2D eigenvalue weighted by Crippen LogP contribution is -2.47. The summed E-state index contributed by atoms with van der Waals surface area (Å²) in [5.74, 6) is -3.31. The van der Waals surface area contributed by atoms with Crippen molar-refractivity contribution in [3.8, 4) is 0 Å². The SMILES string of the molecule is C=C1[C@@H](c2ccc(C(C)(F)F)cc2)[C@@](C)(c2ccc(F)cc2C)N=C(N)N1C. The van der Waals surface area contributed by atoms with Gasteiger partial charge in [-0.2, -0.15) is 0 Å². The van der Waals surface area contributed by atoms with Crippen LogP contribution in [0.25, 0.3) is 0 Å². The number of guanidine groups is 1. The molecular formula is C22H24F3N3. The van der Waals surface area contributed by atoms with Crippen molar-refractivity contribution < 1.29 is 13.2 Å². The van der Waals surface area contributed by atoms with E-state index >= 15 is 0 Å². The lowest BCUT2D eigenvalue weighted by molar-refractivity contribution is 0.0174. The number of rotatable bonds is 3. The Labute approximate surface area is 163 Å².